The predicted molar refractivity (Wildman–Crippen MR) is 169 cm³/mol. The van der Waals surface area contributed by atoms with Gasteiger partial charge < -0.3 is 9.47 Å². The minimum absolute atomic E-state index is 0.206. The van der Waals surface area contributed by atoms with E-state index in [0.717, 1.165) is 10.0 Å². The Morgan fingerprint density at radius 3 is 2.44 bits per heavy atom. The summed E-state index contributed by atoms with van der Waals surface area (Å²) in [5.74, 6) is 1.54. The highest BCUT2D eigenvalue weighted by Crippen LogP contribution is 2.43. The zero-order valence-corrected chi connectivity index (χ0v) is 27.8. The van der Waals surface area contributed by atoms with Crippen LogP contribution in [0.4, 0.5) is 0 Å². The lowest BCUT2D eigenvalue weighted by molar-refractivity contribution is 0.267. The van der Waals surface area contributed by atoms with Gasteiger partial charge in [-0.2, -0.15) is 9.78 Å². The van der Waals surface area contributed by atoms with Gasteiger partial charge >= 0.3 is 0 Å². The molecule has 39 heavy (non-hydrogen) atoms. The minimum Gasteiger partial charge on any atom is -0.490 e. The van der Waals surface area contributed by atoms with Crippen molar-refractivity contribution in [2.24, 2.45) is 5.10 Å². The molecular weight excluding hydrogens is 737 g/mol. The molecule has 0 aliphatic heterocycles. The van der Waals surface area contributed by atoms with Crippen molar-refractivity contribution in [1.82, 2.24) is 9.66 Å². The maximum absolute atomic E-state index is 13.5. The Hall–Kier alpha value is -1.91. The summed E-state index contributed by atoms with van der Waals surface area (Å²) < 4.78 is 15.5. The second-order valence-corrected chi connectivity index (χ2v) is 12.9. The molecule has 0 radical (unpaired) electrons. The molecular formula is C28H24Br3Cl2N3O3. The molecule has 1 aromatic heterocycles. The molecule has 1 heterocycles. The fraction of sp³-hybridized carbons (Fsp3) is 0.250. The van der Waals surface area contributed by atoms with E-state index >= 15 is 0 Å². The van der Waals surface area contributed by atoms with Gasteiger partial charge in [-0.15, -0.1) is 0 Å². The first-order chi connectivity index (χ1) is 18.4. The minimum atomic E-state index is -0.438. The van der Waals surface area contributed by atoms with Gasteiger partial charge in [-0.25, -0.2) is 4.98 Å². The third-order valence-corrected chi connectivity index (χ3v) is 8.86. The highest BCUT2D eigenvalue weighted by Gasteiger charge is 2.23. The van der Waals surface area contributed by atoms with E-state index in [2.05, 4.69) is 52.9 Å². The number of halogens is 5. The fourth-order valence-corrected chi connectivity index (χ4v) is 5.51. The standard InChI is InChI=1S/C28H24Br3Cl2N3O3/c1-5-38-22-10-16(23(30)24(31)25(22)39-14-15-6-8-18(32)12-20(15)33)13-34-36-26(37)19-11-17(29)7-9-21(19)35-27(36)28(2,3)4/h6-13H,5,14H2,1-4H3. The average molecular weight is 761 g/mol. The van der Waals surface area contributed by atoms with Gasteiger partial charge in [-0.3, -0.25) is 4.79 Å². The van der Waals surface area contributed by atoms with E-state index in [-0.39, 0.29) is 12.2 Å². The molecule has 204 valence electrons. The summed E-state index contributed by atoms with van der Waals surface area (Å²) in [5.41, 5.74) is 1.36. The Morgan fingerprint density at radius 2 is 1.77 bits per heavy atom. The number of ether oxygens (including phenoxy) is 2. The third-order valence-electron chi connectivity index (χ3n) is 5.63. The van der Waals surface area contributed by atoms with Crippen LogP contribution in [-0.4, -0.2) is 22.5 Å². The molecule has 0 fully saturated rings. The molecule has 0 aliphatic rings. The lowest BCUT2D eigenvalue weighted by Crippen LogP contribution is -2.29. The lowest BCUT2D eigenvalue weighted by Gasteiger charge is -2.21. The normalized spacial score (nSPS) is 11.9. The van der Waals surface area contributed by atoms with Crippen LogP contribution >= 0.6 is 71.0 Å². The van der Waals surface area contributed by atoms with Crippen molar-refractivity contribution < 1.29 is 9.47 Å². The van der Waals surface area contributed by atoms with E-state index in [9.17, 15) is 4.79 Å². The maximum Gasteiger partial charge on any atom is 0.282 e. The van der Waals surface area contributed by atoms with Crippen LogP contribution in [0.25, 0.3) is 10.9 Å². The molecule has 0 amide bonds. The van der Waals surface area contributed by atoms with E-state index in [1.807, 2.05) is 45.9 Å². The van der Waals surface area contributed by atoms with Gasteiger partial charge in [-0.1, -0.05) is 66.0 Å². The molecule has 0 saturated heterocycles. The largest absolute Gasteiger partial charge is 0.490 e. The van der Waals surface area contributed by atoms with Crippen LogP contribution in [0.2, 0.25) is 10.0 Å². The van der Waals surface area contributed by atoms with Crippen molar-refractivity contribution in [2.45, 2.75) is 39.7 Å². The van der Waals surface area contributed by atoms with Crippen LogP contribution in [0.15, 0.2) is 65.8 Å². The molecule has 0 N–H and O–H groups in total. The number of hydrogen-bond acceptors (Lipinski definition) is 5. The van der Waals surface area contributed by atoms with E-state index in [0.29, 0.717) is 59.4 Å². The van der Waals surface area contributed by atoms with Crippen LogP contribution in [0, 0.1) is 0 Å². The Morgan fingerprint density at radius 1 is 1.03 bits per heavy atom. The maximum atomic E-state index is 13.5. The van der Waals surface area contributed by atoms with Crippen molar-refractivity contribution in [3.8, 4) is 11.5 Å². The summed E-state index contributed by atoms with van der Waals surface area (Å²) in [5, 5.41) is 6.12. The Balaban J connectivity index is 1.78. The highest BCUT2D eigenvalue weighted by atomic mass is 79.9. The number of rotatable bonds is 7. The van der Waals surface area contributed by atoms with Crippen molar-refractivity contribution in [3.63, 3.8) is 0 Å². The summed E-state index contributed by atoms with van der Waals surface area (Å²) in [6, 6.07) is 12.5. The third kappa shape index (κ3) is 6.70. The second kappa shape index (κ2) is 12.3. The molecule has 3 aromatic carbocycles. The van der Waals surface area contributed by atoms with Gasteiger partial charge in [-0.05, 0) is 75.2 Å². The average Bonchev–Trinajstić information content (AvgIpc) is 2.86. The summed E-state index contributed by atoms with van der Waals surface area (Å²) in [6.07, 6.45) is 1.60. The van der Waals surface area contributed by atoms with E-state index in [1.54, 1.807) is 30.5 Å². The Labute approximate surface area is 261 Å². The molecule has 0 saturated carbocycles. The van der Waals surface area contributed by atoms with Crippen molar-refractivity contribution >= 4 is 88.1 Å². The SMILES string of the molecule is CCOc1cc(C=Nn2c(C(C)(C)C)nc3ccc(Br)cc3c2=O)c(Br)c(Br)c1OCc1ccc(Cl)cc1Cl. The summed E-state index contributed by atoms with van der Waals surface area (Å²) in [7, 11) is 0. The number of aromatic nitrogens is 2. The van der Waals surface area contributed by atoms with Crippen molar-refractivity contribution in [3.05, 3.63) is 93.2 Å². The quantitative estimate of drug-likeness (QED) is 0.176. The molecule has 11 heteroatoms. The van der Waals surface area contributed by atoms with Gasteiger partial charge in [0.2, 0.25) is 0 Å². The molecule has 0 bridgehead atoms. The second-order valence-electron chi connectivity index (χ2n) is 9.59. The zero-order valence-electron chi connectivity index (χ0n) is 21.5. The number of nitrogens with zero attached hydrogens (tertiary/aromatic N) is 3. The first-order valence-corrected chi connectivity index (χ1v) is 15.0. The molecule has 4 aromatic rings. The van der Waals surface area contributed by atoms with Crippen molar-refractivity contribution in [1.29, 1.82) is 0 Å². The predicted octanol–water partition coefficient (Wildman–Crippen LogP) is 9.15. The fourth-order valence-electron chi connectivity index (χ4n) is 3.75. The van der Waals surface area contributed by atoms with Gasteiger partial charge in [0.15, 0.2) is 11.5 Å². The smallest absolute Gasteiger partial charge is 0.282 e. The molecule has 4 rings (SSSR count). The Kier molecular flexibility index (Phi) is 9.49. The van der Waals surface area contributed by atoms with E-state index in [1.165, 1.54) is 4.68 Å². The summed E-state index contributed by atoms with van der Waals surface area (Å²) in [6.45, 7) is 8.48. The van der Waals surface area contributed by atoms with Crippen LogP contribution in [0.5, 0.6) is 11.5 Å². The van der Waals surface area contributed by atoms with Gasteiger partial charge in [0.1, 0.15) is 12.4 Å². The first-order valence-electron chi connectivity index (χ1n) is 11.9. The van der Waals surface area contributed by atoms with Gasteiger partial charge in [0.05, 0.1) is 28.2 Å². The Bertz CT molecular complexity index is 1650. The van der Waals surface area contributed by atoms with E-state index in [4.69, 9.17) is 37.7 Å². The monoisotopic (exact) mass is 757 g/mol. The summed E-state index contributed by atoms with van der Waals surface area (Å²) in [4.78, 5) is 18.3. The molecule has 0 aliphatic carbocycles. The first kappa shape index (κ1) is 30.1. The molecule has 0 unspecified atom stereocenters. The van der Waals surface area contributed by atoms with Gasteiger partial charge in [0, 0.05) is 35.5 Å². The van der Waals surface area contributed by atoms with Crippen LogP contribution in [0.1, 0.15) is 44.6 Å². The van der Waals surface area contributed by atoms with Crippen LogP contribution in [0.3, 0.4) is 0 Å². The highest BCUT2D eigenvalue weighted by molar-refractivity contribution is 9.13. The zero-order chi connectivity index (χ0) is 28.5. The molecule has 0 atom stereocenters. The number of benzene rings is 3. The van der Waals surface area contributed by atoms with Gasteiger partial charge in [0.25, 0.3) is 5.56 Å². The number of fused-ring (bicyclic) bond motifs is 1. The number of hydrogen-bond donors (Lipinski definition) is 0. The lowest BCUT2D eigenvalue weighted by atomic mass is 9.95. The summed E-state index contributed by atoms with van der Waals surface area (Å²) >= 11 is 23.1. The molecule has 0 spiro atoms. The van der Waals surface area contributed by atoms with Crippen LogP contribution in [-0.2, 0) is 12.0 Å². The van der Waals surface area contributed by atoms with Crippen molar-refractivity contribution in [2.75, 3.05) is 6.61 Å². The molecule has 6 nitrogen and oxygen atoms in total. The topological polar surface area (TPSA) is 65.7 Å². The van der Waals surface area contributed by atoms with E-state index < -0.39 is 5.41 Å². The van der Waals surface area contributed by atoms with Crippen LogP contribution < -0.4 is 15.0 Å².